The summed E-state index contributed by atoms with van der Waals surface area (Å²) in [5.41, 5.74) is 0. The standard InChI is InChI=1S/C12H20O6/c1-16-9-4-7(8(14)6-13)5-10(17-2)11(9)12(15)18-3/h7,9-11,13H,4-6H2,1-3H3/t7?,9-,10-,11?/m0/s1. The van der Waals surface area contributed by atoms with Crippen molar-refractivity contribution in [2.45, 2.75) is 25.0 Å². The summed E-state index contributed by atoms with van der Waals surface area (Å²) in [7, 11) is 4.28. The van der Waals surface area contributed by atoms with Gasteiger partial charge >= 0.3 is 5.97 Å². The molecule has 0 aromatic heterocycles. The van der Waals surface area contributed by atoms with Crippen LogP contribution in [0.3, 0.4) is 0 Å². The Balaban J connectivity index is 2.87. The van der Waals surface area contributed by atoms with Crippen molar-refractivity contribution < 1.29 is 28.9 Å². The highest BCUT2D eigenvalue weighted by atomic mass is 16.5. The number of rotatable bonds is 5. The van der Waals surface area contributed by atoms with E-state index in [0.29, 0.717) is 12.8 Å². The second-order valence-corrected chi connectivity index (χ2v) is 4.39. The number of carbonyl (C=O) groups is 2. The maximum atomic E-state index is 11.7. The molecule has 0 aromatic carbocycles. The van der Waals surface area contributed by atoms with Crippen LogP contribution in [0.15, 0.2) is 0 Å². The highest BCUT2D eigenvalue weighted by Gasteiger charge is 2.45. The van der Waals surface area contributed by atoms with E-state index in [0.717, 1.165) is 0 Å². The minimum atomic E-state index is -0.534. The van der Waals surface area contributed by atoms with Gasteiger partial charge in [-0.25, -0.2) is 0 Å². The van der Waals surface area contributed by atoms with Crippen molar-refractivity contribution in [2.75, 3.05) is 27.9 Å². The first kappa shape index (κ1) is 15.1. The van der Waals surface area contributed by atoms with Gasteiger partial charge < -0.3 is 19.3 Å². The molecule has 0 saturated heterocycles. The molecular weight excluding hydrogens is 240 g/mol. The van der Waals surface area contributed by atoms with Crippen LogP contribution in [0.1, 0.15) is 12.8 Å². The van der Waals surface area contributed by atoms with Crippen LogP contribution in [0.2, 0.25) is 0 Å². The molecule has 0 aromatic rings. The molecule has 18 heavy (non-hydrogen) atoms. The van der Waals surface area contributed by atoms with Crippen LogP contribution >= 0.6 is 0 Å². The number of methoxy groups -OCH3 is 3. The molecule has 1 aliphatic carbocycles. The van der Waals surface area contributed by atoms with E-state index >= 15 is 0 Å². The van der Waals surface area contributed by atoms with Crippen LogP contribution in [-0.2, 0) is 23.8 Å². The van der Waals surface area contributed by atoms with Crippen molar-refractivity contribution in [2.24, 2.45) is 11.8 Å². The molecule has 6 nitrogen and oxygen atoms in total. The number of esters is 1. The lowest BCUT2D eigenvalue weighted by atomic mass is 9.76. The van der Waals surface area contributed by atoms with Crippen LogP contribution in [0, 0.1) is 11.8 Å². The first-order chi connectivity index (χ1) is 8.58. The van der Waals surface area contributed by atoms with E-state index in [-0.39, 0.29) is 11.7 Å². The van der Waals surface area contributed by atoms with E-state index in [4.69, 9.17) is 19.3 Å². The number of aliphatic hydroxyl groups excluding tert-OH is 1. The second kappa shape index (κ2) is 6.82. The van der Waals surface area contributed by atoms with Crippen molar-refractivity contribution >= 4 is 11.8 Å². The third kappa shape index (κ3) is 3.07. The van der Waals surface area contributed by atoms with Gasteiger partial charge in [0.05, 0.1) is 19.3 Å². The number of hydrogen-bond donors (Lipinski definition) is 1. The number of aliphatic hydroxyl groups is 1. The quantitative estimate of drug-likeness (QED) is 0.688. The topological polar surface area (TPSA) is 82.1 Å². The highest BCUT2D eigenvalue weighted by molar-refractivity contribution is 5.83. The molecule has 6 heteroatoms. The van der Waals surface area contributed by atoms with E-state index in [1.807, 2.05) is 0 Å². The summed E-state index contributed by atoms with van der Waals surface area (Å²) in [6, 6.07) is 0. The Hall–Kier alpha value is -0.980. The van der Waals surface area contributed by atoms with Gasteiger partial charge in [0, 0.05) is 20.1 Å². The minimum absolute atomic E-state index is 0.248. The Morgan fingerprint density at radius 3 is 1.94 bits per heavy atom. The monoisotopic (exact) mass is 260 g/mol. The van der Waals surface area contributed by atoms with Crippen LogP contribution < -0.4 is 0 Å². The number of carbonyl (C=O) groups excluding carboxylic acids is 2. The van der Waals surface area contributed by atoms with Crippen molar-refractivity contribution in [1.82, 2.24) is 0 Å². The van der Waals surface area contributed by atoms with E-state index in [1.54, 1.807) is 0 Å². The SMILES string of the molecule is COC(=O)C1[C@@H](OC)CC(C(=O)CO)C[C@@H]1OC. The lowest BCUT2D eigenvalue weighted by Crippen LogP contribution is -2.48. The molecule has 1 fully saturated rings. The lowest BCUT2D eigenvalue weighted by molar-refractivity contribution is -0.166. The summed E-state index contributed by atoms with van der Waals surface area (Å²) in [6.07, 6.45) is -0.0706. The van der Waals surface area contributed by atoms with Crippen LogP contribution in [-0.4, -0.2) is 57.0 Å². The first-order valence-electron chi connectivity index (χ1n) is 5.86. The summed E-state index contributed by atoms with van der Waals surface area (Å²) >= 11 is 0. The summed E-state index contributed by atoms with van der Waals surface area (Å²) in [5, 5.41) is 8.90. The Bertz CT molecular complexity index is 289. The molecule has 0 unspecified atom stereocenters. The molecule has 104 valence electrons. The number of hydrogen-bond acceptors (Lipinski definition) is 6. The van der Waals surface area contributed by atoms with E-state index in [1.165, 1.54) is 21.3 Å². The molecule has 0 radical (unpaired) electrons. The fourth-order valence-electron chi connectivity index (χ4n) is 2.51. The summed E-state index contributed by atoms with van der Waals surface area (Å²) < 4.78 is 15.3. The molecule has 0 heterocycles. The number of ether oxygens (including phenoxy) is 3. The van der Waals surface area contributed by atoms with Crippen molar-refractivity contribution in [3.8, 4) is 0 Å². The zero-order chi connectivity index (χ0) is 13.7. The van der Waals surface area contributed by atoms with Gasteiger partial charge in [-0.1, -0.05) is 0 Å². The van der Waals surface area contributed by atoms with Gasteiger partial charge in [0.1, 0.15) is 12.5 Å². The molecule has 1 rings (SSSR count). The van der Waals surface area contributed by atoms with Gasteiger partial charge in [0.25, 0.3) is 0 Å². The Morgan fingerprint density at radius 2 is 1.61 bits per heavy atom. The molecule has 2 atom stereocenters. The number of Topliss-reactive ketones (excluding diaryl/α,β-unsaturated/α-hetero) is 1. The third-order valence-corrected chi connectivity index (χ3v) is 3.52. The molecule has 1 N–H and O–H groups in total. The largest absolute Gasteiger partial charge is 0.469 e. The lowest BCUT2D eigenvalue weighted by Gasteiger charge is -2.38. The van der Waals surface area contributed by atoms with Crippen molar-refractivity contribution in [3.63, 3.8) is 0 Å². The minimum Gasteiger partial charge on any atom is -0.469 e. The Labute approximate surface area is 106 Å². The summed E-state index contributed by atoms with van der Waals surface area (Å²) in [5.74, 6) is -1.52. The summed E-state index contributed by atoms with van der Waals surface area (Å²) in [6.45, 7) is -0.500. The fraction of sp³-hybridized carbons (Fsp3) is 0.833. The van der Waals surface area contributed by atoms with E-state index < -0.39 is 30.7 Å². The van der Waals surface area contributed by atoms with Crippen LogP contribution in [0.4, 0.5) is 0 Å². The van der Waals surface area contributed by atoms with Crippen LogP contribution in [0.25, 0.3) is 0 Å². The molecule has 0 amide bonds. The zero-order valence-electron chi connectivity index (χ0n) is 10.9. The molecule has 0 aliphatic heterocycles. The van der Waals surface area contributed by atoms with Crippen LogP contribution in [0.5, 0.6) is 0 Å². The smallest absolute Gasteiger partial charge is 0.313 e. The van der Waals surface area contributed by atoms with Gasteiger partial charge in [-0.05, 0) is 12.8 Å². The highest BCUT2D eigenvalue weighted by Crippen LogP contribution is 2.34. The Kier molecular flexibility index (Phi) is 5.71. The van der Waals surface area contributed by atoms with Gasteiger partial charge in [-0.15, -0.1) is 0 Å². The average Bonchev–Trinajstić information content (AvgIpc) is 2.43. The molecular formula is C12H20O6. The van der Waals surface area contributed by atoms with Gasteiger partial charge in [-0.3, -0.25) is 9.59 Å². The van der Waals surface area contributed by atoms with Crippen molar-refractivity contribution in [3.05, 3.63) is 0 Å². The third-order valence-electron chi connectivity index (χ3n) is 3.52. The van der Waals surface area contributed by atoms with Gasteiger partial charge in [0.15, 0.2) is 5.78 Å². The van der Waals surface area contributed by atoms with Crippen molar-refractivity contribution in [1.29, 1.82) is 0 Å². The van der Waals surface area contributed by atoms with E-state index in [9.17, 15) is 9.59 Å². The molecule has 0 spiro atoms. The maximum absolute atomic E-state index is 11.7. The van der Waals surface area contributed by atoms with E-state index in [2.05, 4.69) is 0 Å². The Morgan fingerprint density at radius 1 is 1.11 bits per heavy atom. The summed E-state index contributed by atoms with van der Waals surface area (Å²) in [4.78, 5) is 23.3. The molecule has 1 saturated carbocycles. The molecule has 1 aliphatic rings. The van der Waals surface area contributed by atoms with Gasteiger partial charge in [-0.2, -0.15) is 0 Å². The predicted octanol–water partition coefficient (Wildman–Crippen LogP) is -0.223. The second-order valence-electron chi connectivity index (χ2n) is 4.39. The fourth-order valence-corrected chi connectivity index (χ4v) is 2.51. The number of ketones is 1. The first-order valence-corrected chi connectivity index (χ1v) is 5.86. The predicted molar refractivity (Wildman–Crippen MR) is 61.9 cm³/mol. The molecule has 0 bridgehead atoms. The zero-order valence-corrected chi connectivity index (χ0v) is 10.9. The maximum Gasteiger partial charge on any atom is 0.313 e. The average molecular weight is 260 g/mol. The normalized spacial score (nSPS) is 32.0. The van der Waals surface area contributed by atoms with Gasteiger partial charge in [0.2, 0.25) is 0 Å².